The van der Waals surface area contributed by atoms with Crippen molar-refractivity contribution in [3.8, 4) is 5.75 Å². The van der Waals surface area contributed by atoms with Gasteiger partial charge in [0.1, 0.15) is 5.75 Å². The van der Waals surface area contributed by atoms with E-state index in [-0.39, 0.29) is 11.7 Å². The fourth-order valence-electron chi connectivity index (χ4n) is 1.62. The fraction of sp³-hybridized carbons (Fsp3) is 0.214. The number of hydrogen-bond acceptors (Lipinski definition) is 6. The van der Waals surface area contributed by atoms with Crippen molar-refractivity contribution in [2.24, 2.45) is 0 Å². The zero-order valence-electron chi connectivity index (χ0n) is 11.8. The summed E-state index contributed by atoms with van der Waals surface area (Å²) in [5, 5.41) is 3.36. The number of aryl methyl sites for hydroxylation is 1. The minimum absolute atomic E-state index is 0.159. The van der Waals surface area contributed by atoms with Crippen molar-refractivity contribution in [1.29, 1.82) is 0 Å². The molecule has 7 heteroatoms. The van der Waals surface area contributed by atoms with Gasteiger partial charge in [0.2, 0.25) is 5.91 Å². The largest absolute Gasteiger partial charge is 0.494 e. The predicted octanol–water partition coefficient (Wildman–Crippen LogP) is 2.11. The molecule has 21 heavy (non-hydrogen) atoms. The molecule has 2 aromatic rings. The van der Waals surface area contributed by atoms with Crippen LogP contribution in [0.25, 0.3) is 0 Å². The molecule has 0 aliphatic heterocycles. The first-order chi connectivity index (χ1) is 10.1. The Bertz CT molecular complexity index is 649. The zero-order valence-corrected chi connectivity index (χ0v) is 12.6. The van der Waals surface area contributed by atoms with Gasteiger partial charge in [0.15, 0.2) is 5.16 Å². The van der Waals surface area contributed by atoms with Crippen LogP contribution in [0.5, 0.6) is 5.75 Å². The smallest absolute Gasteiger partial charge is 0.234 e. The molecule has 0 radical (unpaired) electrons. The zero-order chi connectivity index (χ0) is 15.2. The molecule has 6 nitrogen and oxygen atoms in total. The van der Waals surface area contributed by atoms with Crippen molar-refractivity contribution in [3.05, 3.63) is 36.2 Å². The van der Waals surface area contributed by atoms with Crippen LogP contribution < -0.4 is 15.8 Å². The van der Waals surface area contributed by atoms with Crippen LogP contribution >= 0.6 is 11.8 Å². The number of carbonyl (C=O) groups excluding carboxylic acids is 1. The number of benzene rings is 1. The van der Waals surface area contributed by atoms with Crippen LogP contribution in [0.15, 0.2) is 35.6 Å². The van der Waals surface area contributed by atoms with Crippen molar-refractivity contribution < 1.29 is 9.53 Å². The number of amides is 1. The molecular formula is C14H16N4O2S. The first-order valence-electron chi connectivity index (χ1n) is 6.24. The van der Waals surface area contributed by atoms with Gasteiger partial charge in [0.05, 0.1) is 18.6 Å². The van der Waals surface area contributed by atoms with Crippen molar-refractivity contribution in [2.45, 2.75) is 12.1 Å². The lowest BCUT2D eigenvalue weighted by molar-refractivity contribution is -0.113. The highest BCUT2D eigenvalue weighted by molar-refractivity contribution is 7.99. The number of thioether (sulfide) groups is 1. The van der Waals surface area contributed by atoms with E-state index in [1.54, 1.807) is 24.4 Å². The number of nitrogens with one attached hydrogen (secondary N) is 1. The Morgan fingerprint density at radius 1 is 1.43 bits per heavy atom. The lowest BCUT2D eigenvalue weighted by Gasteiger charge is -2.10. The number of nitrogens with two attached hydrogens (primary N) is 1. The number of carbonyl (C=O) groups is 1. The minimum Gasteiger partial charge on any atom is -0.494 e. The summed E-state index contributed by atoms with van der Waals surface area (Å²) < 4.78 is 5.18. The molecule has 1 amide bonds. The summed E-state index contributed by atoms with van der Waals surface area (Å²) in [5.41, 5.74) is 7.70. The second-order valence-electron chi connectivity index (χ2n) is 4.28. The second kappa shape index (κ2) is 6.94. The second-order valence-corrected chi connectivity index (χ2v) is 5.22. The molecular weight excluding hydrogens is 288 g/mol. The van der Waals surface area contributed by atoms with Crippen LogP contribution in [-0.4, -0.2) is 28.7 Å². The van der Waals surface area contributed by atoms with Gasteiger partial charge in [-0.1, -0.05) is 11.8 Å². The van der Waals surface area contributed by atoms with E-state index in [0.29, 0.717) is 22.3 Å². The highest BCUT2D eigenvalue weighted by Gasteiger charge is 2.09. The highest BCUT2D eigenvalue weighted by atomic mass is 32.2. The Labute approximate surface area is 127 Å². The Kier molecular flexibility index (Phi) is 4.99. The standard InChI is InChI=1S/C14H16N4O2S/c1-9-5-6-16-14(17-9)21-8-13(19)18-11-4-3-10(15)7-12(11)20-2/h3-7H,8,15H2,1-2H3,(H,18,19). The Morgan fingerprint density at radius 3 is 2.95 bits per heavy atom. The van der Waals surface area contributed by atoms with Crippen LogP contribution in [0.3, 0.4) is 0 Å². The van der Waals surface area contributed by atoms with Gasteiger partial charge in [-0.15, -0.1) is 0 Å². The van der Waals surface area contributed by atoms with Crippen LogP contribution in [0, 0.1) is 6.92 Å². The lowest BCUT2D eigenvalue weighted by atomic mass is 10.2. The summed E-state index contributed by atoms with van der Waals surface area (Å²) in [6.45, 7) is 1.88. The molecule has 1 aromatic carbocycles. The number of ether oxygens (including phenoxy) is 1. The van der Waals surface area contributed by atoms with Crippen LogP contribution in [0.4, 0.5) is 11.4 Å². The number of anilines is 2. The summed E-state index contributed by atoms with van der Waals surface area (Å²) >= 11 is 1.28. The highest BCUT2D eigenvalue weighted by Crippen LogP contribution is 2.26. The van der Waals surface area contributed by atoms with E-state index in [4.69, 9.17) is 10.5 Å². The molecule has 3 N–H and O–H groups in total. The maximum Gasteiger partial charge on any atom is 0.234 e. The number of nitrogens with zero attached hydrogens (tertiary/aromatic N) is 2. The molecule has 0 saturated carbocycles. The van der Waals surface area contributed by atoms with Gasteiger partial charge < -0.3 is 15.8 Å². The number of methoxy groups -OCH3 is 1. The fourth-order valence-corrected chi connectivity index (χ4v) is 2.30. The Hall–Kier alpha value is -2.28. The summed E-state index contributed by atoms with van der Waals surface area (Å²) in [6.07, 6.45) is 1.67. The van der Waals surface area contributed by atoms with E-state index < -0.39 is 0 Å². The molecule has 110 valence electrons. The van der Waals surface area contributed by atoms with Crippen molar-refractivity contribution >= 4 is 29.0 Å². The van der Waals surface area contributed by atoms with Crippen molar-refractivity contribution in [3.63, 3.8) is 0 Å². The molecule has 1 aromatic heterocycles. The van der Waals surface area contributed by atoms with Gasteiger partial charge in [-0.3, -0.25) is 4.79 Å². The molecule has 0 aliphatic rings. The SMILES string of the molecule is COc1cc(N)ccc1NC(=O)CSc1nccc(C)n1. The molecule has 0 atom stereocenters. The molecule has 0 saturated heterocycles. The quantitative estimate of drug-likeness (QED) is 0.499. The third kappa shape index (κ3) is 4.35. The third-order valence-corrected chi connectivity index (χ3v) is 3.47. The van der Waals surface area contributed by atoms with Gasteiger partial charge in [0.25, 0.3) is 0 Å². The van der Waals surface area contributed by atoms with Gasteiger partial charge in [0, 0.05) is 23.6 Å². The van der Waals surface area contributed by atoms with Crippen LogP contribution in [0.1, 0.15) is 5.69 Å². The van der Waals surface area contributed by atoms with E-state index >= 15 is 0 Å². The van der Waals surface area contributed by atoms with Gasteiger partial charge in [-0.25, -0.2) is 9.97 Å². The Morgan fingerprint density at radius 2 is 2.24 bits per heavy atom. The van der Waals surface area contributed by atoms with Crippen LogP contribution in [-0.2, 0) is 4.79 Å². The summed E-state index contributed by atoms with van der Waals surface area (Å²) in [5.74, 6) is 0.588. The third-order valence-electron chi connectivity index (χ3n) is 2.60. The molecule has 2 rings (SSSR count). The van der Waals surface area contributed by atoms with Crippen LogP contribution in [0.2, 0.25) is 0 Å². The number of aromatic nitrogens is 2. The molecule has 0 fully saturated rings. The van der Waals surface area contributed by atoms with E-state index in [1.165, 1.54) is 18.9 Å². The summed E-state index contributed by atoms with van der Waals surface area (Å²) in [4.78, 5) is 20.3. The number of hydrogen-bond donors (Lipinski definition) is 2. The first kappa shape index (κ1) is 15.1. The lowest BCUT2D eigenvalue weighted by Crippen LogP contribution is -2.15. The van der Waals surface area contributed by atoms with Gasteiger partial charge in [-0.05, 0) is 25.1 Å². The molecule has 0 unspecified atom stereocenters. The maximum absolute atomic E-state index is 11.9. The average molecular weight is 304 g/mol. The van der Waals surface area contributed by atoms with E-state index in [0.717, 1.165) is 5.69 Å². The van der Waals surface area contributed by atoms with Gasteiger partial charge >= 0.3 is 0 Å². The first-order valence-corrected chi connectivity index (χ1v) is 7.23. The minimum atomic E-state index is -0.159. The predicted molar refractivity (Wildman–Crippen MR) is 83.5 cm³/mol. The van der Waals surface area contributed by atoms with E-state index in [1.807, 2.05) is 13.0 Å². The summed E-state index contributed by atoms with van der Waals surface area (Å²) in [6, 6.07) is 6.88. The number of nitrogen functional groups attached to an aromatic ring is 1. The molecule has 0 aliphatic carbocycles. The average Bonchev–Trinajstić information content (AvgIpc) is 2.47. The van der Waals surface area contributed by atoms with E-state index in [2.05, 4.69) is 15.3 Å². The normalized spacial score (nSPS) is 10.2. The summed E-state index contributed by atoms with van der Waals surface area (Å²) in [7, 11) is 1.53. The monoisotopic (exact) mass is 304 g/mol. The Balaban J connectivity index is 1.96. The maximum atomic E-state index is 11.9. The van der Waals surface area contributed by atoms with Crippen molar-refractivity contribution in [2.75, 3.05) is 23.9 Å². The topological polar surface area (TPSA) is 90.1 Å². The van der Waals surface area contributed by atoms with E-state index in [9.17, 15) is 4.79 Å². The number of rotatable bonds is 5. The van der Waals surface area contributed by atoms with Crippen molar-refractivity contribution in [1.82, 2.24) is 9.97 Å². The molecule has 0 bridgehead atoms. The molecule has 1 heterocycles. The van der Waals surface area contributed by atoms with Gasteiger partial charge in [-0.2, -0.15) is 0 Å². The molecule has 0 spiro atoms.